The van der Waals surface area contributed by atoms with Gasteiger partial charge in [0.05, 0.1) is 17.8 Å². The molecule has 0 fully saturated rings. The van der Waals surface area contributed by atoms with Crippen molar-refractivity contribution in [2.75, 3.05) is 7.11 Å². The second-order valence-electron chi connectivity index (χ2n) is 3.79. The summed E-state index contributed by atoms with van der Waals surface area (Å²) >= 11 is 0. The molecular formula is C10H17N3O2. The molecule has 5 heteroatoms. The van der Waals surface area contributed by atoms with Gasteiger partial charge in [-0.05, 0) is 13.3 Å². The van der Waals surface area contributed by atoms with Crippen LogP contribution in [0.5, 0.6) is 0 Å². The predicted molar refractivity (Wildman–Crippen MR) is 57.4 cm³/mol. The number of hydrogen-bond acceptors (Lipinski definition) is 4. The molecule has 3 N–H and O–H groups in total. The maximum absolute atomic E-state index is 11.3. The Hall–Kier alpha value is -1.20. The van der Waals surface area contributed by atoms with Gasteiger partial charge in [-0.15, -0.1) is 0 Å². The van der Waals surface area contributed by atoms with E-state index in [1.54, 1.807) is 7.11 Å². The van der Waals surface area contributed by atoms with Crippen LogP contribution in [0.1, 0.15) is 31.8 Å². The number of aromatic nitrogens is 2. The summed E-state index contributed by atoms with van der Waals surface area (Å²) in [5, 5.41) is 0. The van der Waals surface area contributed by atoms with Gasteiger partial charge in [-0.1, -0.05) is 6.92 Å². The zero-order valence-corrected chi connectivity index (χ0v) is 9.33. The molecule has 1 heterocycles. The average molecular weight is 211 g/mol. The van der Waals surface area contributed by atoms with Gasteiger partial charge in [0, 0.05) is 13.2 Å². The molecule has 0 aliphatic carbocycles. The fraction of sp³-hybridized carbons (Fsp3) is 0.600. The summed E-state index contributed by atoms with van der Waals surface area (Å²) in [4.78, 5) is 18.3. The van der Waals surface area contributed by atoms with Crippen LogP contribution in [0, 0.1) is 0 Å². The molecule has 0 radical (unpaired) electrons. The first-order chi connectivity index (χ1) is 6.99. The lowest BCUT2D eigenvalue weighted by Gasteiger charge is -2.21. The minimum Gasteiger partial charge on any atom is -0.378 e. The van der Waals surface area contributed by atoms with Crippen molar-refractivity contribution in [1.82, 2.24) is 9.97 Å². The van der Waals surface area contributed by atoms with Crippen LogP contribution in [0.15, 0.2) is 10.9 Å². The minimum atomic E-state index is -0.608. The van der Waals surface area contributed by atoms with Gasteiger partial charge >= 0.3 is 0 Å². The first kappa shape index (κ1) is 11.9. The van der Waals surface area contributed by atoms with E-state index in [1.165, 1.54) is 6.07 Å². The van der Waals surface area contributed by atoms with Crippen molar-refractivity contribution in [2.24, 2.45) is 5.73 Å². The molecule has 0 aromatic carbocycles. The molecule has 0 saturated carbocycles. The highest BCUT2D eigenvalue weighted by atomic mass is 16.5. The molecule has 1 rings (SSSR count). The lowest BCUT2D eigenvalue weighted by molar-refractivity contribution is 0.180. The number of aromatic amines is 1. The quantitative estimate of drug-likeness (QED) is 0.760. The molecular weight excluding hydrogens is 194 g/mol. The van der Waals surface area contributed by atoms with Gasteiger partial charge in [0.15, 0.2) is 0 Å². The number of rotatable bonds is 4. The van der Waals surface area contributed by atoms with Crippen LogP contribution in [0.3, 0.4) is 0 Å². The molecule has 84 valence electrons. The number of nitrogens with zero attached hydrogens (tertiary/aromatic N) is 1. The number of nitrogens with one attached hydrogen (secondary N) is 1. The van der Waals surface area contributed by atoms with Crippen LogP contribution in [0.2, 0.25) is 0 Å². The second-order valence-corrected chi connectivity index (χ2v) is 3.79. The van der Waals surface area contributed by atoms with E-state index in [0.717, 1.165) is 0 Å². The van der Waals surface area contributed by atoms with E-state index in [2.05, 4.69) is 9.97 Å². The summed E-state index contributed by atoms with van der Waals surface area (Å²) in [7, 11) is 1.56. The standard InChI is InChI=1S/C10H17N3O2/c1-4-10(2,11)9-12-7(6-15-3)5-8(14)13-9/h5H,4,6,11H2,1-3H3,(H,12,13,14)/t10-/m0/s1. The Morgan fingerprint density at radius 1 is 1.67 bits per heavy atom. The van der Waals surface area contributed by atoms with E-state index in [9.17, 15) is 4.79 Å². The third kappa shape index (κ3) is 2.87. The molecule has 0 unspecified atom stereocenters. The third-order valence-electron chi connectivity index (χ3n) is 2.36. The fourth-order valence-corrected chi connectivity index (χ4v) is 1.17. The van der Waals surface area contributed by atoms with Gasteiger partial charge in [-0.3, -0.25) is 4.79 Å². The Bertz CT molecular complexity index is 384. The Balaban J connectivity index is 3.14. The van der Waals surface area contributed by atoms with E-state index in [-0.39, 0.29) is 5.56 Å². The van der Waals surface area contributed by atoms with Crippen molar-refractivity contribution in [3.8, 4) is 0 Å². The SMILES string of the molecule is CC[C@](C)(N)c1nc(COC)cc(=O)[nH]1. The summed E-state index contributed by atoms with van der Waals surface area (Å²) in [6.45, 7) is 4.10. The van der Waals surface area contributed by atoms with Crippen molar-refractivity contribution < 1.29 is 4.74 Å². The monoisotopic (exact) mass is 211 g/mol. The number of H-pyrrole nitrogens is 1. The Morgan fingerprint density at radius 2 is 2.33 bits per heavy atom. The lowest BCUT2D eigenvalue weighted by atomic mass is 9.99. The Kier molecular flexibility index (Phi) is 3.60. The van der Waals surface area contributed by atoms with Crippen LogP contribution >= 0.6 is 0 Å². The van der Waals surface area contributed by atoms with Gasteiger partial charge in [-0.25, -0.2) is 4.98 Å². The molecule has 1 aromatic rings. The van der Waals surface area contributed by atoms with Crippen molar-refractivity contribution in [3.05, 3.63) is 27.9 Å². The van der Waals surface area contributed by atoms with Crippen molar-refractivity contribution in [3.63, 3.8) is 0 Å². The molecule has 1 atom stereocenters. The van der Waals surface area contributed by atoms with E-state index in [0.29, 0.717) is 24.5 Å². The Labute approximate surface area is 88.7 Å². The normalized spacial score (nSPS) is 14.9. The van der Waals surface area contributed by atoms with E-state index < -0.39 is 5.54 Å². The maximum Gasteiger partial charge on any atom is 0.251 e. The smallest absolute Gasteiger partial charge is 0.251 e. The minimum absolute atomic E-state index is 0.197. The molecule has 0 spiro atoms. The van der Waals surface area contributed by atoms with Crippen molar-refractivity contribution >= 4 is 0 Å². The molecule has 5 nitrogen and oxygen atoms in total. The van der Waals surface area contributed by atoms with Gasteiger partial charge in [0.2, 0.25) is 0 Å². The van der Waals surface area contributed by atoms with Crippen LogP contribution in [-0.2, 0) is 16.9 Å². The summed E-state index contributed by atoms with van der Waals surface area (Å²) < 4.78 is 4.93. The summed E-state index contributed by atoms with van der Waals surface area (Å²) in [6, 6.07) is 1.42. The van der Waals surface area contributed by atoms with Gasteiger partial charge in [-0.2, -0.15) is 0 Å². The highest BCUT2D eigenvalue weighted by Gasteiger charge is 2.21. The highest BCUT2D eigenvalue weighted by Crippen LogP contribution is 2.15. The molecule has 1 aromatic heterocycles. The third-order valence-corrected chi connectivity index (χ3v) is 2.36. The number of methoxy groups -OCH3 is 1. The number of ether oxygens (including phenoxy) is 1. The van der Waals surface area contributed by atoms with Gasteiger partial charge in [0.1, 0.15) is 5.82 Å². The van der Waals surface area contributed by atoms with Crippen LogP contribution < -0.4 is 11.3 Å². The van der Waals surface area contributed by atoms with Crippen molar-refractivity contribution in [2.45, 2.75) is 32.4 Å². The molecule has 0 saturated heterocycles. The first-order valence-electron chi connectivity index (χ1n) is 4.88. The summed E-state index contributed by atoms with van der Waals surface area (Å²) in [5.74, 6) is 0.504. The van der Waals surface area contributed by atoms with E-state index in [4.69, 9.17) is 10.5 Å². The molecule has 0 aliphatic heterocycles. The summed E-state index contributed by atoms with van der Waals surface area (Å²) in [6.07, 6.45) is 0.701. The molecule has 15 heavy (non-hydrogen) atoms. The van der Waals surface area contributed by atoms with Crippen LogP contribution in [-0.4, -0.2) is 17.1 Å². The van der Waals surface area contributed by atoms with Crippen LogP contribution in [0.25, 0.3) is 0 Å². The van der Waals surface area contributed by atoms with Crippen LogP contribution in [0.4, 0.5) is 0 Å². The van der Waals surface area contributed by atoms with Gasteiger partial charge < -0.3 is 15.5 Å². The molecule has 0 bridgehead atoms. The number of hydrogen-bond donors (Lipinski definition) is 2. The van der Waals surface area contributed by atoms with Gasteiger partial charge in [0.25, 0.3) is 5.56 Å². The van der Waals surface area contributed by atoms with E-state index in [1.807, 2.05) is 13.8 Å². The Morgan fingerprint density at radius 3 is 2.87 bits per heavy atom. The zero-order chi connectivity index (χ0) is 11.5. The molecule has 0 aliphatic rings. The zero-order valence-electron chi connectivity index (χ0n) is 9.33. The molecule has 0 amide bonds. The summed E-state index contributed by atoms with van der Waals surface area (Å²) in [5.41, 5.74) is 5.79. The largest absolute Gasteiger partial charge is 0.378 e. The maximum atomic E-state index is 11.3. The number of nitrogens with two attached hydrogens (primary N) is 1. The lowest BCUT2D eigenvalue weighted by Crippen LogP contribution is -2.36. The average Bonchev–Trinajstić information content (AvgIpc) is 2.17. The predicted octanol–water partition coefficient (Wildman–Crippen LogP) is 0.500. The second kappa shape index (κ2) is 4.55. The van der Waals surface area contributed by atoms with E-state index >= 15 is 0 Å². The topological polar surface area (TPSA) is 81.0 Å². The highest BCUT2D eigenvalue weighted by molar-refractivity contribution is 5.08. The fourth-order valence-electron chi connectivity index (χ4n) is 1.17. The van der Waals surface area contributed by atoms with Crippen molar-refractivity contribution in [1.29, 1.82) is 0 Å². The first-order valence-corrected chi connectivity index (χ1v) is 4.88.